The fourth-order valence-corrected chi connectivity index (χ4v) is 7.84. The highest BCUT2D eigenvalue weighted by Gasteiger charge is 2.29. The van der Waals surface area contributed by atoms with Crippen LogP contribution in [0, 0.1) is 5.92 Å². The molecule has 0 aliphatic heterocycles. The third kappa shape index (κ3) is 4.46. The molecule has 0 spiro atoms. The first-order chi connectivity index (χ1) is 14.5. The zero-order valence-corrected chi connectivity index (χ0v) is 20.6. The molecule has 0 fully saturated rings. The first-order valence-electron chi connectivity index (χ1n) is 10.6. The Hall–Kier alpha value is -1.38. The summed E-state index contributed by atoms with van der Waals surface area (Å²) < 4.78 is 6.40. The third-order valence-electron chi connectivity index (χ3n) is 5.88. The second-order valence-electron chi connectivity index (χ2n) is 8.05. The quantitative estimate of drug-likeness (QED) is 0.479. The Bertz CT molecular complexity index is 966. The summed E-state index contributed by atoms with van der Waals surface area (Å²) in [7, 11) is 0. The lowest BCUT2D eigenvalue weighted by molar-refractivity contribution is 0.0526. The molecule has 0 aromatic carbocycles. The van der Waals surface area contributed by atoms with Gasteiger partial charge in [-0.15, -0.1) is 22.7 Å². The Morgan fingerprint density at radius 2 is 1.93 bits per heavy atom. The Balaban J connectivity index is 1.49. The average molecular weight is 512 g/mol. The fourth-order valence-electron chi connectivity index (χ4n) is 4.35. The van der Waals surface area contributed by atoms with Crippen molar-refractivity contribution < 1.29 is 14.3 Å². The average Bonchev–Trinajstić information content (AvgIpc) is 3.22. The number of anilines is 1. The summed E-state index contributed by atoms with van der Waals surface area (Å²) in [6.45, 7) is 4.84. The van der Waals surface area contributed by atoms with E-state index in [9.17, 15) is 9.59 Å². The van der Waals surface area contributed by atoms with E-state index in [-0.39, 0.29) is 12.0 Å². The minimum atomic E-state index is -0.338. The van der Waals surface area contributed by atoms with Gasteiger partial charge in [0.2, 0.25) is 0 Å². The van der Waals surface area contributed by atoms with Gasteiger partial charge in [0, 0.05) is 16.3 Å². The molecule has 4 rings (SSSR count). The predicted molar refractivity (Wildman–Crippen MR) is 126 cm³/mol. The molecule has 162 valence electrons. The largest absolute Gasteiger partial charge is 0.462 e. The van der Waals surface area contributed by atoms with E-state index >= 15 is 0 Å². The van der Waals surface area contributed by atoms with Crippen molar-refractivity contribution in [3.8, 4) is 0 Å². The number of esters is 1. The van der Waals surface area contributed by atoms with Crippen LogP contribution in [-0.4, -0.2) is 18.6 Å². The van der Waals surface area contributed by atoms with Crippen molar-refractivity contribution in [2.45, 2.75) is 65.3 Å². The Morgan fingerprint density at radius 1 is 1.13 bits per heavy atom. The fraction of sp³-hybridized carbons (Fsp3) is 0.545. The van der Waals surface area contributed by atoms with Crippen molar-refractivity contribution in [3.05, 3.63) is 35.8 Å². The first kappa shape index (κ1) is 21.8. The molecule has 2 N–H and O–H groups in total. The summed E-state index contributed by atoms with van der Waals surface area (Å²) in [5.74, 6) is 0.254. The van der Waals surface area contributed by atoms with Crippen LogP contribution < -0.4 is 10.6 Å². The highest BCUT2D eigenvalue weighted by molar-refractivity contribution is 9.11. The van der Waals surface area contributed by atoms with E-state index in [4.69, 9.17) is 4.74 Å². The Kier molecular flexibility index (Phi) is 6.85. The van der Waals surface area contributed by atoms with Crippen LogP contribution in [0.25, 0.3) is 0 Å². The number of urea groups is 1. The van der Waals surface area contributed by atoms with E-state index < -0.39 is 0 Å². The standard InChI is InChI=1S/C22H27BrN2O3S2/c1-3-28-21(26)18-14-9-8-12(2)10-17(14)30-20(18)25-22(27)24-11-15-13-6-4-5-7-16(13)29-19(15)23/h12H,3-11H2,1-2H3,(H2,24,25,27). The SMILES string of the molecule is CCOC(=O)c1c(NC(=O)NCc2c(Br)sc3c2CCCC3)sc2c1CCC(C)C2. The van der Waals surface area contributed by atoms with Crippen LogP contribution in [-0.2, 0) is 37.0 Å². The molecule has 0 saturated heterocycles. The van der Waals surface area contributed by atoms with Crippen LogP contribution in [0.2, 0.25) is 0 Å². The lowest BCUT2D eigenvalue weighted by Crippen LogP contribution is -2.29. The number of ether oxygens (including phenoxy) is 1. The molecular formula is C22H27BrN2O3S2. The van der Waals surface area contributed by atoms with Gasteiger partial charge in [0.1, 0.15) is 5.00 Å². The summed E-state index contributed by atoms with van der Waals surface area (Å²) in [4.78, 5) is 28.0. The summed E-state index contributed by atoms with van der Waals surface area (Å²) in [6, 6.07) is -0.283. The first-order valence-corrected chi connectivity index (χ1v) is 13.1. The van der Waals surface area contributed by atoms with Gasteiger partial charge in [0.15, 0.2) is 0 Å². The molecule has 2 heterocycles. The molecule has 1 atom stereocenters. The second kappa shape index (κ2) is 9.40. The molecule has 0 bridgehead atoms. The topological polar surface area (TPSA) is 67.4 Å². The second-order valence-corrected chi connectivity index (χ2v) is 11.6. The molecule has 30 heavy (non-hydrogen) atoms. The minimum Gasteiger partial charge on any atom is -0.462 e. The molecule has 2 aromatic rings. The Labute approximate surface area is 193 Å². The van der Waals surface area contributed by atoms with Crippen molar-refractivity contribution in [3.63, 3.8) is 0 Å². The van der Waals surface area contributed by atoms with E-state index in [1.165, 1.54) is 45.1 Å². The normalized spacial score (nSPS) is 17.8. The van der Waals surface area contributed by atoms with Crippen LogP contribution in [0.5, 0.6) is 0 Å². The molecule has 8 heteroatoms. The number of nitrogens with one attached hydrogen (secondary N) is 2. The molecule has 2 aliphatic rings. The van der Waals surface area contributed by atoms with E-state index in [1.54, 1.807) is 18.3 Å². The number of carbonyl (C=O) groups excluding carboxylic acids is 2. The van der Waals surface area contributed by atoms with Gasteiger partial charge in [-0.1, -0.05) is 6.92 Å². The number of amides is 2. The van der Waals surface area contributed by atoms with Gasteiger partial charge >= 0.3 is 12.0 Å². The van der Waals surface area contributed by atoms with Crippen LogP contribution >= 0.6 is 38.6 Å². The molecule has 2 aliphatic carbocycles. The molecular weight excluding hydrogens is 484 g/mol. The smallest absolute Gasteiger partial charge is 0.341 e. The highest BCUT2D eigenvalue weighted by Crippen LogP contribution is 2.40. The zero-order chi connectivity index (χ0) is 21.3. The lowest BCUT2D eigenvalue weighted by Gasteiger charge is -2.18. The number of hydrogen-bond donors (Lipinski definition) is 2. The van der Waals surface area contributed by atoms with Crippen molar-refractivity contribution in [2.75, 3.05) is 11.9 Å². The number of rotatable bonds is 5. The predicted octanol–water partition coefficient (Wildman–Crippen LogP) is 6.07. The van der Waals surface area contributed by atoms with Gasteiger partial charge in [-0.05, 0) is 90.4 Å². The number of hydrogen-bond acceptors (Lipinski definition) is 5. The molecule has 1 unspecified atom stereocenters. The van der Waals surface area contributed by atoms with Crippen molar-refractivity contribution in [1.82, 2.24) is 5.32 Å². The van der Waals surface area contributed by atoms with Crippen LogP contribution in [0.15, 0.2) is 3.79 Å². The maximum atomic E-state index is 12.7. The van der Waals surface area contributed by atoms with Crippen molar-refractivity contribution in [1.29, 1.82) is 0 Å². The van der Waals surface area contributed by atoms with E-state index in [0.717, 1.165) is 41.5 Å². The van der Waals surface area contributed by atoms with E-state index in [0.29, 0.717) is 29.6 Å². The van der Waals surface area contributed by atoms with Crippen molar-refractivity contribution in [2.24, 2.45) is 5.92 Å². The monoisotopic (exact) mass is 510 g/mol. The van der Waals surface area contributed by atoms with Crippen LogP contribution in [0.1, 0.15) is 69.9 Å². The van der Waals surface area contributed by atoms with Crippen LogP contribution in [0.3, 0.4) is 0 Å². The number of aryl methyl sites for hydroxylation is 1. The van der Waals surface area contributed by atoms with Gasteiger partial charge in [-0.25, -0.2) is 9.59 Å². The molecule has 0 radical (unpaired) electrons. The van der Waals surface area contributed by atoms with Gasteiger partial charge in [-0.2, -0.15) is 0 Å². The van der Waals surface area contributed by atoms with Gasteiger partial charge in [0.05, 0.1) is 16.0 Å². The van der Waals surface area contributed by atoms with E-state index in [1.807, 2.05) is 0 Å². The van der Waals surface area contributed by atoms with Gasteiger partial charge < -0.3 is 10.1 Å². The lowest BCUT2D eigenvalue weighted by atomic mass is 9.88. The number of halogens is 1. The summed E-state index contributed by atoms with van der Waals surface area (Å²) in [6.07, 6.45) is 7.52. The van der Waals surface area contributed by atoms with Gasteiger partial charge in [-0.3, -0.25) is 5.32 Å². The van der Waals surface area contributed by atoms with E-state index in [2.05, 4.69) is 33.5 Å². The number of fused-ring (bicyclic) bond motifs is 2. The third-order valence-corrected chi connectivity index (χ3v) is 9.13. The highest BCUT2D eigenvalue weighted by atomic mass is 79.9. The molecule has 2 aromatic heterocycles. The summed E-state index contributed by atoms with van der Waals surface area (Å²) >= 11 is 6.98. The maximum Gasteiger partial charge on any atom is 0.341 e. The maximum absolute atomic E-state index is 12.7. The number of thiophene rings is 2. The van der Waals surface area contributed by atoms with Crippen molar-refractivity contribution >= 4 is 55.6 Å². The van der Waals surface area contributed by atoms with Gasteiger partial charge in [0.25, 0.3) is 0 Å². The Morgan fingerprint density at radius 3 is 2.73 bits per heavy atom. The molecule has 0 saturated carbocycles. The minimum absolute atomic E-state index is 0.283. The molecule has 5 nitrogen and oxygen atoms in total. The number of carbonyl (C=O) groups is 2. The molecule has 2 amide bonds. The van der Waals surface area contributed by atoms with Crippen LogP contribution in [0.4, 0.5) is 9.80 Å². The zero-order valence-electron chi connectivity index (χ0n) is 17.4. The summed E-state index contributed by atoms with van der Waals surface area (Å²) in [5, 5.41) is 6.54. The summed E-state index contributed by atoms with van der Waals surface area (Å²) in [5.41, 5.74) is 4.19.